The molecule has 37 heavy (non-hydrogen) atoms. The van der Waals surface area contributed by atoms with Gasteiger partial charge in [0.1, 0.15) is 11.8 Å². The number of halogens is 3. The third kappa shape index (κ3) is 8.11. The molecule has 0 radical (unpaired) electrons. The maximum Gasteiger partial charge on any atom is 0.261 e. The first kappa shape index (κ1) is 29.8. The topological polar surface area (TPSA) is 58.6 Å². The minimum absolute atomic E-state index is 0.0120. The molecule has 0 bridgehead atoms. The lowest BCUT2D eigenvalue weighted by Gasteiger charge is -2.33. The summed E-state index contributed by atoms with van der Waals surface area (Å²) >= 11 is 16.5. The van der Waals surface area contributed by atoms with E-state index in [1.165, 1.54) is 6.42 Å². The molecular weight excluding hydrogens is 575 g/mol. The third-order valence-corrected chi connectivity index (χ3v) is 8.20. The monoisotopic (exact) mass is 610 g/mol. The first-order valence-electron chi connectivity index (χ1n) is 13.0. The van der Waals surface area contributed by atoms with Crippen LogP contribution in [-0.4, -0.2) is 35.4 Å². The van der Waals surface area contributed by atoms with Crippen LogP contribution >= 0.6 is 39.1 Å². The number of hydrogen-bond donors (Lipinski definition) is 1. The quantitative estimate of drug-likeness (QED) is 0.316. The van der Waals surface area contributed by atoms with Crippen LogP contribution in [0.3, 0.4) is 0 Å². The van der Waals surface area contributed by atoms with Gasteiger partial charge < -0.3 is 15.0 Å². The van der Waals surface area contributed by atoms with Gasteiger partial charge in [-0.05, 0) is 70.4 Å². The second-order valence-electron chi connectivity index (χ2n) is 10.7. The van der Waals surface area contributed by atoms with E-state index in [2.05, 4.69) is 42.0 Å². The average Bonchev–Trinajstić information content (AvgIpc) is 2.84. The summed E-state index contributed by atoms with van der Waals surface area (Å²) in [5.41, 5.74) is 1.75. The summed E-state index contributed by atoms with van der Waals surface area (Å²) in [6, 6.07) is 10.6. The Morgan fingerprint density at radius 2 is 1.76 bits per heavy atom. The van der Waals surface area contributed by atoms with Crippen LogP contribution in [0.5, 0.6) is 5.75 Å². The summed E-state index contributed by atoms with van der Waals surface area (Å²) in [6.45, 7) is 8.21. The van der Waals surface area contributed by atoms with Gasteiger partial charge in [0.15, 0.2) is 6.61 Å². The molecule has 1 aliphatic rings. The Balaban J connectivity index is 1.82. The van der Waals surface area contributed by atoms with Crippen LogP contribution in [0.2, 0.25) is 10.0 Å². The largest absolute Gasteiger partial charge is 0.483 e. The van der Waals surface area contributed by atoms with E-state index in [1.54, 1.807) is 23.1 Å². The molecule has 1 saturated carbocycles. The average molecular weight is 612 g/mol. The Hall–Kier alpha value is -1.76. The number of amides is 2. The highest BCUT2D eigenvalue weighted by molar-refractivity contribution is 9.10. The zero-order chi connectivity index (χ0) is 27.2. The van der Waals surface area contributed by atoms with Crippen LogP contribution in [0.4, 0.5) is 0 Å². The Bertz CT molecular complexity index is 1080. The molecule has 2 aromatic rings. The highest BCUT2D eigenvalue weighted by atomic mass is 79.9. The summed E-state index contributed by atoms with van der Waals surface area (Å²) in [5.74, 6) is 0.104. The lowest BCUT2D eigenvalue weighted by atomic mass is 9.87. The Labute approximate surface area is 239 Å². The van der Waals surface area contributed by atoms with Crippen molar-refractivity contribution < 1.29 is 14.3 Å². The molecule has 0 saturated heterocycles. The van der Waals surface area contributed by atoms with Crippen LogP contribution in [0.15, 0.2) is 40.9 Å². The molecule has 0 unspecified atom stereocenters. The van der Waals surface area contributed by atoms with Gasteiger partial charge in [-0.3, -0.25) is 9.59 Å². The fraction of sp³-hybridized carbons (Fsp3) is 0.517. The number of ether oxygens (including phenoxy) is 1. The van der Waals surface area contributed by atoms with Crippen LogP contribution in [0, 0.1) is 0 Å². The molecule has 0 heterocycles. The zero-order valence-electron chi connectivity index (χ0n) is 22.1. The number of rotatable bonds is 9. The van der Waals surface area contributed by atoms with E-state index in [1.807, 2.05) is 25.1 Å². The van der Waals surface area contributed by atoms with Gasteiger partial charge in [-0.15, -0.1) is 0 Å². The van der Waals surface area contributed by atoms with E-state index in [0.29, 0.717) is 27.8 Å². The number of hydrogen-bond acceptors (Lipinski definition) is 3. The number of nitrogens with one attached hydrogen (secondary N) is 1. The summed E-state index contributed by atoms with van der Waals surface area (Å²) in [4.78, 5) is 28.5. The van der Waals surface area contributed by atoms with E-state index in [4.69, 9.17) is 27.9 Å². The van der Waals surface area contributed by atoms with Crippen molar-refractivity contribution >= 4 is 50.9 Å². The fourth-order valence-corrected chi connectivity index (χ4v) is 5.63. The molecule has 1 fully saturated rings. The predicted molar refractivity (Wildman–Crippen MR) is 154 cm³/mol. The minimum atomic E-state index is -0.669. The molecular formula is C29H37BrCl2N2O3. The van der Waals surface area contributed by atoms with Crippen molar-refractivity contribution in [3.8, 4) is 5.75 Å². The minimum Gasteiger partial charge on any atom is -0.483 e. The molecule has 5 nitrogen and oxygen atoms in total. The smallest absolute Gasteiger partial charge is 0.261 e. The SMILES string of the molecule is CC[C@H](C(=O)NC1CCCCC1)N(Cc1c(Cl)cccc1Cl)C(=O)COc1ccc(C(C)(C)C)cc1Br. The van der Waals surface area contributed by atoms with Crippen LogP contribution in [0.1, 0.15) is 77.3 Å². The van der Waals surface area contributed by atoms with Crippen molar-refractivity contribution in [2.45, 2.75) is 90.3 Å². The predicted octanol–water partition coefficient (Wildman–Crippen LogP) is 7.69. The molecule has 1 atom stereocenters. The highest BCUT2D eigenvalue weighted by Crippen LogP contribution is 2.32. The maximum absolute atomic E-state index is 13.6. The summed E-state index contributed by atoms with van der Waals surface area (Å²) in [6.07, 6.45) is 5.80. The Morgan fingerprint density at radius 1 is 1.11 bits per heavy atom. The second-order valence-corrected chi connectivity index (χ2v) is 12.3. The number of carbonyl (C=O) groups excluding carboxylic acids is 2. The van der Waals surface area contributed by atoms with Gasteiger partial charge in [-0.25, -0.2) is 0 Å². The molecule has 202 valence electrons. The van der Waals surface area contributed by atoms with Gasteiger partial charge in [0, 0.05) is 28.2 Å². The highest BCUT2D eigenvalue weighted by Gasteiger charge is 2.31. The molecule has 0 aliphatic heterocycles. The van der Waals surface area contributed by atoms with E-state index in [9.17, 15) is 9.59 Å². The molecule has 1 N–H and O–H groups in total. The molecule has 0 aromatic heterocycles. The van der Waals surface area contributed by atoms with Gasteiger partial charge in [0.2, 0.25) is 5.91 Å². The number of nitrogens with zero attached hydrogens (tertiary/aromatic N) is 1. The van der Waals surface area contributed by atoms with Crippen molar-refractivity contribution in [2.75, 3.05) is 6.61 Å². The first-order chi connectivity index (χ1) is 17.5. The van der Waals surface area contributed by atoms with E-state index >= 15 is 0 Å². The van der Waals surface area contributed by atoms with Gasteiger partial charge in [0.05, 0.1) is 4.47 Å². The van der Waals surface area contributed by atoms with E-state index in [-0.39, 0.29) is 36.4 Å². The van der Waals surface area contributed by atoms with Gasteiger partial charge in [0.25, 0.3) is 5.91 Å². The van der Waals surface area contributed by atoms with Crippen LogP contribution in [0.25, 0.3) is 0 Å². The maximum atomic E-state index is 13.6. The van der Waals surface area contributed by atoms with Crippen LogP contribution < -0.4 is 10.1 Å². The van der Waals surface area contributed by atoms with Gasteiger partial charge in [-0.2, -0.15) is 0 Å². The zero-order valence-corrected chi connectivity index (χ0v) is 25.2. The number of benzene rings is 2. The normalized spacial score (nSPS) is 15.2. The molecule has 3 rings (SSSR count). The summed E-state index contributed by atoms with van der Waals surface area (Å²) < 4.78 is 6.71. The van der Waals surface area contributed by atoms with E-state index in [0.717, 1.165) is 35.7 Å². The van der Waals surface area contributed by atoms with Crippen molar-refractivity contribution in [3.05, 3.63) is 62.0 Å². The molecule has 2 amide bonds. The standard InChI is InChI=1S/C29H37BrCl2N2O3/c1-5-25(28(36)33-20-10-7-6-8-11-20)34(17-21-23(31)12-9-13-24(21)32)27(35)18-37-26-15-14-19(16-22(26)30)29(2,3)4/h9,12-16,20,25H,5-8,10-11,17-18H2,1-4H3,(H,33,36)/t25-/m1/s1. The van der Waals surface area contributed by atoms with Crippen LogP contribution in [-0.2, 0) is 21.5 Å². The Kier molecular flexibility index (Phi) is 10.7. The van der Waals surface area contributed by atoms with Crippen molar-refractivity contribution in [1.29, 1.82) is 0 Å². The molecule has 2 aromatic carbocycles. The number of carbonyl (C=O) groups is 2. The lowest BCUT2D eigenvalue weighted by Crippen LogP contribution is -2.52. The fourth-order valence-electron chi connectivity index (χ4n) is 4.62. The van der Waals surface area contributed by atoms with Gasteiger partial charge >= 0.3 is 0 Å². The lowest BCUT2D eigenvalue weighted by molar-refractivity contribution is -0.143. The molecule has 1 aliphatic carbocycles. The van der Waals surface area contributed by atoms with Crippen molar-refractivity contribution in [2.24, 2.45) is 0 Å². The Morgan fingerprint density at radius 3 is 2.32 bits per heavy atom. The third-order valence-electron chi connectivity index (χ3n) is 6.88. The first-order valence-corrected chi connectivity index (χ1v) is 14.5. The van der Waals surface area contributed by atoms with Gasteiger partial charge in [-0.1, -0.05) is 82.3 Å². The van der Waals surface area contributed by atoms with E-state index < -0.39 is 6.04 Å². The second kappa shape index (κ2) is 13.3. The van der Waals surface area contributed by atoms with Crippen molar-refractivity contribution in [3.63, 3.8) is 0 Å². The summed E-state index contributed by atoms with van der Waals surface area (Å²) in [7, 11) is 0. The molecule has 8 heteroatoms. The van der Waals surface area contributed by atoms with Crippen molar-refractivity contribution in [1.82, 2.24) is 10.2 Å². The summed E-state index contributed by atoms with van der Waals surface area (Å²) in [5, 5.41) is 4.08. The molecule has 0 spiro atoms.